The molecule has 0 spiro atoms. The second-order valence-electron chi connectivity index (χ2n) is 5.96. The molecule has 0 aromatic heterocycles. The van der Waals surface area contributed by atoms with Crippen LogP contribution in [0.3, 0.4) is 0 Å². The van der Waals surface area contributed by atoms with E-state index in [0.717, 1.165) is 16.7 Å². The van der Waals surface area contributed by atoms with E-state index in [2.05, 4.69) is 0 Å². The monoisotopic (exact) mass is 357 g/mol. The van der Waals surface area contributed by atoms with E-state index >= 15 is 0 Å². The highest BCUT2D eigenvalue weighted by molar-refractivity contribution is 7.86. The number of carboxylic acid groups (broad SMARTS) is 1. The van der Waals surface area contributed by atoms with E-state index in [1.165, 1.54) is 6.92 Å². The molecule has 0 aliphatic carbocycles. The SMILES string of the molecule is CC1(OS(C)(=O)=O)CC(C(=O)OCc2ccccc2)N(C(=O)O)C1. The summed E-state index contributed by atoms with van der Waals surface area (Å²) in [5.74, 6) is -0.734. The molecule has 1 N–H and O–H groups in total. The number of rotatable bonds is 5. The molecule has 0 bridgehead atoms. The molecular formula is C15H19NO7S. The number of ether oxygens (including phenoxy) is 1. The van der Waals surface area contributed by atoms with Crippen LogP contribution in [0.1, 0.15) is 18.9 Å². The predicted molar refractivity (Wildman–Crippen MR) is 83.7 cm³/mol. The van der Waals surface area contributed by atoms with Crippen molar-refractivity contribution in [1.82, 2.24) is 4.90 Å². The fourth-order valence-electron chi connectivity index (χ4n) is 2.72. The summed E-state index contributed by atoms with van der Waals surface area (Å²) in [6, 6.07) is 7.83. The summed E-state index contributed by atoms with van der Waals surface area (Å²) in [5.41, 5.74) is -0.538. The lowest BCUT2D eigenvalue weighted by Gasteiger charge is -2.22. The average molecular weight is 357 g/mol. The molecule has 1 saturated heterocycles. The molecule has 2 unspecified atom stereocenters. The van der Waals surface area contributed by atoms with Crippen LogP contribution in [0.5, 0.6) is 0 Å². The number of carbonyl (C=O) groups is 2. The Morgan fingerprint density at radius 1 is 1.33 bits per heavy atom. The van der Waals surface area contributed by atoms with Crippen molar-refractivity contribution in [2.45, 2.75) is 31.6 Å². The normalized spacial score (nSPS) is 23.9. The quantitative estimate of drug-likeness (QED) is 0.623. The van der Waals surface area contributed by atoms with Crippen molar-refractivity contribution in [2.24, 2.45) is 0 Å². The zero-order chi connectivity index (χ0) is 18.0. The van der Waals surface area contributed by atoms with Gasteiger partial charge in [0.1, 0.15) is 18.2 Å². The molecule has 2 rings (SSSR count). The van der Waals surface area contributed by atoms with E-state index in [-0.39, 0.29) is 19.6 Å². The van der Waals surface area contributed by atoms with Gasteiger partial charge in [0, 0.05) is 6.42 Å². The van der Waals surface area contributed by atoms with Gasteiger partial charge in [-0.1, -0.05) is 30.3 Å². The van der Waals surface area contributed by atoms with Crippen molar-refractivity contribution >= 4 is 22.2 Å². The molecule has 1 aromatic carbocycles. The molecule has 1 amide bonds. The van der Waals surface area contributed by atoms with Crippen molar-refractivity contribution in [1.29, 1.82) is 0 Å². The van der Waals surface area contributed by atoms with Gasteiger partial charge in [-0.15, -0.1) is 0 Å². The zero-order valence-corrected chi connectivity index (χ0v) is 14.2. The minimum Gasteiger partial charge on any atom is -0.465 e. The molecule has 132 valence electrons. The lowest BCUT2D eigenvalue weighted by atomic mass is 10.0. The summed E-state index contributed by atoms with van der Waals surface area (Å²) in [4.78, 5) is 24.5. The third kappa shape index (κ3) is 4.68. The molecular weight excluding hydrogens is 338 g/mol. The number of benzene rings is 1. The highest BCUT2D eigenvalue weighted by Gasteiger charge is 2.49. The Kier molecular flexibility index (Phi) is 5.14. The Hall–Kier alpha value is -2.13. The Balaban J connectivity index is 2.08. The van der Waals surface area contributed by atoms with Gasteiger partial charge in [0.15, 0.2) is 0 Å². The third-order valence-electron chi connectivity index (χ3n) is 3.60. The van der Waals surface area contributed by atoms with E-state index < -0.39 is 33.8 Å². The molecule has 8 nitrogen and oxygen atoms in total. The Bertz CT molecular complexity index is 719. The van der Waals surface area contributed by atoms with Crippen molar-refractivity contribution in [3.8, 4) is 0 Å². The summed E-state index contributed by atoms with van der Waals surface area (Å²) in [6.45, 7) is 1.22. The van der Waals surface area contributed by atoms with Crippen LogP contribution in [0.4, 0.5) is 4.79 Å². The van der Waals surface area contributed by atoms with Gasteiger partial charge in [-0.3, -0.25) is 9.08 Å². The van der Waals surface area contributed by atoms with Gasteiger partial charge < -0.3 is 9.84 Å². The van der Waals surface area contributed by atoms with Gasteiger partial charge in [0.2, 0.25) is 0 Å². The van der Waals surface area contributed by atoms with Crippen molar-refractivity contribution in [3.05, 3.63) is 35.9 Å². The molecule has 1 fully saturated rings. The number of amides is 1. The first kappa shape index (κ1) is 18.2. The molecule has 2 atom stereocenters. The van der Waals surface area contributed by atoms with Gasteiger partial charge >= 0.3 is 12.1 Å². The standard InChI is InChI=1S/C15H19NO7S/c1-15(23-24(2,20)21)8-12(16(10-15)14(18)19)13(17)22-9-11-6-4-3-5-7-11/h3-7,12H,8-10H2,1-2H3,(H,18,19). The summed E-state index contributed by atoms with van der Waals surface area (Å²) in [5, 5.41) is 9.26. The first-order chi connectivity index (χ1) is 11.1. The fraction of sp³-hybridized carbons (Fsp3) is 0.467. The van der Waals surface area contributed by atoms with Gasteiger partial charge in [-0.05, 0) is 12.5 Å². The Morgan fingerprint density at radius 2 is 1.96 bits per heavy atom. The maximum atomic E-state index is 12.3. The third-order valence-corrected chi connectivity index (χ3v) is 4.31. The summed E-state index contributed by atoms with van der Waals surface area (Å²) < 4.78 is 32.8. The number of carbonyl (C=O) groups excluding carboxylic acids is 1. The summed E-state index contributed by atoms with van der Waals surface area (Å²) in [7, 11) is -3.79. The average Bonchev–Trinajstić information content (AvgIpc) is 2.81. The largest absolute Gasteiger partial charge is 0.465 e. The van der Waals surface area contributed by atoms with Crippen LogP contribution in [0.15, 0.2) is 30.3 Å². The number of likely N-dealkylation sites (tertiary alicyclic amines) is 1. The minimum atomic E-state index is -3.79. The van der Waals surface area contributed by atoms with E-state index in [9.17, 15) is 23.1 Å². The molecule has 1 aromatic rings. The minimum absolute atomic E-state index is 0.00722. The van der Waals surface area contributed by atoms with Crippen LogP contribution >= 0.6 is 0 Å². The van der Waals surface area contributed by atoms with Crippen LogP contribution < -0.4 is 0 Å². The van der Waals surface area contributed by atoms with Crippen molar-refractivity contribution in [3.63, 3.8) is 0 Å². The topological polar surface area (TPSA) is 110 Å². The van der Waals surface area contributed by atoms with Crippen LogP contribution in [0, 0.1) is 0 Å². The molecule has 0 radical (unpaired) electrons. The Labute approximate surface area is 140 Å². The smallest absolute Gasteiger partial charge is 0.408 e. The van der Waals surface area contributed by atoms with Crippen molar-refractivity contribution in [2.75, 3.05) is 12.8 Å². The van der Waals surface area contributed by atoms with Crippen LogP contribution in [-0.4, -0.2) is 54.9 Å². The van der Waals surface area contributed by atoms with Crippen LogP contribution in [-0.2, 0) is 30.4 Å². The van der Waals surface area contributed by atoms with Crippen LogP contribution in [0.2, 0.25) is 0 Å². The summed E-state index contributed by atoms with van der Waals surface area (Å²) in [6.07, 6.45) is -0.554. The number of esters is 1. The Morgan fingerprint density at radius 3 is 2.50 bits per heavy atom. The maximum absolute atomic E-state index is 12.3. The van der Waals surface area contributed by atoms with E-state index in [0.29, 0.717) is 0 Å². The molecule has 1 aliphatic heterocycles. The first-order valence-electron chi connectivity index (χ1n) is 7.20. The maximum Gasteiger partial charge on any atom is 0.408 e. The fourth-order valence-corrected chi connectivity index (χ4v) is 3.57. The van der Waals surface area contributed by atoms with Crippen molar-refractivity contribution < 1.29 is 32.0 Å². The van der Waals surface area contributed by atoms with Gasteiger partial charge in [-0.25, -0.2) is 9.59 Å². The van der Waals surface area contributed by atoms with Gasteiger partial charge in [-0.2, -0.15) is 8.42 Å². The summed E-state index contributed by atoms with van der Waals surface area (Å²) >= 11 is 0. The second-order valence-corrected chi connectivity index (χ2v) is 7.54. The molecule has 24 heavy (non-hydrogen) atoms. The highest BCUT2D eigenvalue weighted by Crippen LogP contribution is 2.32. The zero-order valence-electron chi connectivity index (χ0n) is 13.3. The number of hydrogen-bond donors (Lipinski definition) is 1. The molecule has 9 heteroatoms. The predicted octanol–water partition coefficient (Wildman–Crippen LogP) is 1.22. The molecule has 0 saturated carbocycles. The molecule has 1 heterocycles. The highest BCUT2D eigenvalue weighted by atomic mass is 32.2. The number of nitrogens with zero attached hydrogens (tertiary/aromatic N) is 1. The lowest BCUT2D eigenvalue weighted by Crippen LogP contribution is -2.41. The first-order valence-corrected chi connectivity index (χ1v) is 9.02. The lowest BCUT2D eigenvalue weighted by molar-refractivity contribution is -0.149. The van der Waals surface area contributed by atoms with Gasteiger partial charge in [0.25, 0.3) is 10.1 Å². The number of hydrogen-bond acceptors (Lipinski definition) is 6. The van der Waals surface area contributed by atoms with Crippen LogP contribution in [0.25, 0.3) is 0 Å². The van der Waals surface area contributed by atoms with E-state index in [4.69, 9.17) is 8.92 Å². The second kappa shape index (κ2) is 6.78. The van der Waals surface area contributed by atoms with Gasteiger partial charge in [0.05, 0.1) is 12.8 Å². The molecule has 1 aliphatic rings. The van der Waals surface area contributed by atoms with E-state index in [1.807, 2.05) is 6.07 Å². The van der Waals surface area contributed by atoms with E-state index in [1.54, 1.807) is 24.3 Å².